The molecule has 0 fully saturated rings. The Kier molecular flexibility index (Phi) is 35.2. The highest BCUT2D eigenvalue weighted by Crippen LogP contribution is 2.16. The van der Waals surface area contributed by atoms with Crippen molar-refractivity contribution in [1.82, 2.24) is 5.32 Å². The predicted octanol–water partition coefficient (Wildman–Crippen LogP) is 10.9. The van der Waals surface area contributed by atoms with Gasteiger partial charge in [-0.15, -0.1) is 0 Å². The molecule has 0 bridgehead atoms. The standard InChI is InChI=1S/C40H79NO4/c1-3-5-7-9-11-13-15-17-18-19-20-21-22-23-25-27-29-31-33-35-39(44)41-37(36-42)40(45)38(43)34-32-30-28-26-24-16-14-12-10-8-6-4-2/h26,28,37-38,40,42-43,45H,3-25,27,29-36H2,1-2H3,(H,41,44)/t37-,38+,40-/m0/s1. The lowest BCUT2D eigenvalue weighted by Crippen LogP contribution is -2.50. The summed E-state index contributed by atoms with van der Waals surface area (Å²) in [7, 11) is 0. The van der Waals surface area contributed by atoms with Crippen LogP contribution in [0.2, 0.25) is 0 Å². The van der Waals surface area contributed by atoms with Crippen LogP contribution in [0.4, 0.5) is 0 Å². The van der Waals surface area contributed by atoms with Gasteiger partial charge in [0.15, 0.2) is 0 Å². The molecule has 0 radical (unpaired) electrons. The van der Waals surface area contributed by atoms with Crippen LogP contribution in [0.5, 0.6) is 0 Å². The number of aliphatic hydroxyl groups excluding tert-OH is 3. The Hall–Kier alpha value is -0.910. The summed E-state index contributed by atoms with van der Waals surface area (Å²) in [6.45, 7) is 4.16. The molecule has 5 heteroatoms. The topological polar surface area (TPSA) is 89.8 Å². The molecule has 268 valence electrons. The first-order chi connectivity index (χ1) is 22.1. The molecule has 0 aromatic rings. The van der Waals surface area contributed by atoms with Crippen LogP contribution < -0.4 is 5.32 Å². The van der Waals surface area contributed by atoms with Crippen molar-refractivity contribution >= 4 is 5.91 Å². The minimum absolute atomic E-state index is 0.152. The van der Waals surface area contributed by atoms with Gasteiger partial charge in [0.25, 0.3) is 0 Å². The number of aliphatic hydroxyl groups is 3. The minimum Gasteiger partial charge on any atom is -0.394 e. The fourth-order valence-electron chi connectivity index (χ4n) is 6.22. The van der Waals surface area contributed by atoms with E-state index in [0.717, 1.165) is 38.5 Å². The molecular weight excluding hydrogens is 558 g/mol. The summed E-state index contributed by atoms with van der Waals surface area (Å²) in [5.74, 6) is -0.152. The smallest absolute Gasteiger partial charge is 0.220 e. The van der Waals surface area contributed by atoms with Crippen molar-refractivity contribution in [2.24, 2.45) is 0 Å². The Labute approximate surface area is 280 Å². The van der Waals surface area contributed by atoms with Crippen LogP contribution in [0.1, 0.15) is 213 Å². The van der Waals surface area contributed by atoms with E-state index in [1.807, 2.05) is 0 Å². The second-order valence-corrected chi connectivity index (χ2v) is 13.8. The van der Waals surface area contributed by atoms with Gasteiger partial charge in [0.1, 0.15) is 6.10 Å². The van der Waals surface area contributed by atoms with E-state index in [9.17, 15) is 20.1 Å². The summed E-state index contributed by atoms with van der Waals surface area (Å²) < 4.78 is 0. The van der Waals surface area contributed by atoms with Crippen LogP contribution in [-0.2, 0) is 4.79 Å². The van der Waals surface area contributed by atoms with Gasteiger partial charge in [-0.25, -0.2) is 0 Å². The minimum atomic E-state index is -1.15. The molecule has 0 rings (SSSR count). The molecule has 4 N–H and O–H groups in total. The molecule has 0 saturated heterocycles. The fourth-order valence-corrected chi connectivity index (χ4v) is 6.22. The third-order valence-electron chi connectivity index (χ3n) is 9.37. The van der Waals surface area contributed by atoms with E-state index in [4.69, 9.17) is 0 Å². The van der Waals surface area contributed by atoms with Crippen molar-refractivity contribution < 1.29 is 20.1 Å². The molecule has 45 heavy (non-hydrogen) atoms. The first-order valence-corrected chi connectivity index (χ1v) is 20.0. The second kappa shape index (κ2) is 35.9. The summed E-state index contributed by atoms with van der Waals surface area (Å²) in [6.07, 6.45) is 40.3. The Morgan fingerprint density at radius 1 is 0.533 bits per heavy atom. The van der Waals surface area contributed by atoms with Gasteiger partial charge in [0, 0.05) is 6.42 Å². The number of carbonyl (C=O) groups is 1. The molecule has 0 saturated carbocycles. The van der Waals surface area contributed by atoms with E-state index >= 15 is 0 Å². The van der Waals surface area contributed by atoms with E-state index in [-0.39, 0.29) is 12.5 Å². The molecule has 0 unspecified atom stereocenters. The average molecular weight is 638 g/mol. The van der Waals surface area contributed by atoms with E-state index in [0.29, 0.717) is 12.8 Å². The van der Waals surface area contributed by atoms with Gasteiger partial charge < -0.3 is 20.6 Å². The second-order valence-electron chi connectivity index (χ2n) is 13.8. The summed E-state index contributed by atoms with van der Waals surface area (Å²) in [5.41, 5.74) is 0. The van der Waals surface area contributed by atoms with Crippen LogP contribution in [0, 0.1) is 0 Å². The first kappa shape index (κ1) is 44.1. The van der Waals surface area contributed by atoms with Gasteiger partial charge >= 0.3 is 0 Å². The third kappa shape index (κ3) is 31.5. The Bertz CT molecular complexity index is 625. The zero-order valence-corrected chi connectivity index (χ0v) is 30.3. The summed E-state index contributed by atoms with van der Waals surface area (Å²) in [5, 5.41) is 33.3. The fraction of sp³-hybridized carbons (Fsp3) is 0.925. The number of unbranched alkanes of at least 4 members (excludes halogenated alkanes) is 26. The molecular formula is C40H79NO4. The van der Waals surface area contributed by atoms with E-state index in [1.165, 1.54) is 148 Å². The van der Waals surface area contributed by atoms with Crippen LogP contribution >= 0.6 is 0 Å². The molecule has 0 aromatic heterocycles. The third-order valence-corrected chi connectivity index (χ3v) is 9.37. The number of nitrogens with one attached hydrogen (secondary N) is 1. The highest BCUT2D eigenvalue weighted by Gasteiger charge is 2.26. The number of carbonyl (C=O) groups excluding carboxylic acids is 1. The monoisotopic (exact) mass is 638 g/mol. The Morgan fingerprint density at radius 3 is 1.29 bits per heavy atom. The maximum atomic E-state index is 12.4. The Morgan fingerprint density at radius 2 is 0.889 bits per heavy atom. The van der Waals surface area contributed by atoms with Crippen molar-refractivity contribution in [3.05, 3.63) is 12.2 Å². The van der Waals surface area contributed by atoms with Gasteiger partial charge in [0.05, 0.1) is 18.8 Å². The molecule has 0 aliphatic heterocycles. The highest BCUT2D eigenvalue weighted by molar-refractivity contribution is 5.76. The summed E-state index contributed by atoms with van der Waals surface area (Å²) >= 11 is 0. The van der Waals surface area contributed by atoms with Crippen LogP contribution in [-0.4, -0.2) is 46.1 Å². The number of rotatable bonds is 36. The maximum absolute atomic E-state index is 12.4. The van der Waals surface area contributed by atoms with Crippen molar-refractivity contribution in [1.29, 1.82) is 0 Å². The van der Waals surface area contributed by atoms with Crippen molar-refractivity contribution in [2.45, 2.75) is 231 Å². The number of amides is 1. The van der Waals surface area contributed by atoms with Crippen molar-refractivity contribution in [3.63, 3.8) is 0 Å². The molecule has 0 aliphatic rings. The van der Waals surface area contributed by atoms with E-state index in [2.05, 4.69) is 31.3 Å². The van der Waals surface area contributed by atoms with Gasteiger partial charge in [-0.3, -0.25) is 4.79 Å². The number of hydrogen-bond donors (Lipinski definition) is 4. The van der Waals surface area contributed by atoms with Crippen molar-refractivity contribution in [2.75, 3.05) is 6.61 Å². The first-order valence-electron chi connectivity index (χ1n) is 20.0. The molecule has 0 spiro atoms. The predicted molar refractivity (Wildman–Crippen MR) is 195 cm³/mol. The average Bonchev–Trinajstić information content (AvgIpc) is 3.04. The largest absolute Gasteiger partial charge is 0.394 e. The van der Waals surface area contributed by atoms with Gasteiger partial charge in [-0.1, -0.05) is 180 Å². The lowest BCUT2D eigenvalue weighted by Gasteiger charge is -2.26. The lowest BCUT2D eigenvalue weighted by molar-refractivity contribution is -0.124. The summed E-state index contributed by atoms with van der Waals surface area (Å²) in [6, 6.07) is -0.819. The van der Waals surface area contributed by atoms with Gasteiger partial charge in [-0.05, 0) is 38.5 Å². The van der Waals surface area contributed by atoms with E-state index in [1.54, 1.807) is 0 Å². The van der Waals surface area contributed by atoms with Crippen LogP contribution in [0.15, 0.2) is 12.2 Å². The van der Waals surface area contributed by atoms with Crippen LogP contribution in [0.25, 0.3) is 0 Å². The van der Waals surface area contributed by atoms with Gasteiger partial charge in [0.2, 0.25) is 5.91 Å². The quantitative estimate of drug-likeness (QED) is 0.0406. The molecule has 3 atom stereocenters. The van der Waals surface area contributed by atoms with E-state index < -0.39 is 18.2 Å². The zero-order chi connectivity index (χ0) is 33.1. The normalized spacial score (nSPS) is 13.8. The zero-order valence-electron chi connectivity index (χ0n) is 30.3. The van der Waals surface area contributed by atoms with Crippen LogP contribution in [0.3, 0.4) is 0 Å². The molecule has 1 amide bonds. The highest BCUT2D eigenvalue weighted by atomic mass is 16.3. The molecule has 0 aliphatic carbocycles. The SMILES string of the molecule is CCCCCCCCCC=CCCC[C@@H](O)[C@@H](O)[C@H](CO)NC(=O)CCCCCCCCCCCCCCCCCCCCC. The van der Waals surface area contributed by atoms with Gasteiger partial charge in [-0.2, -0.15) is 0 Å². The van der Waals surface area contributed by atoms with Crippen molar-refractivity contribution in [3.8, 4) is 0 Å². The molecule has 0 aromatic carbocycles. The summed E-state index contributed by atoms with van der Waals surface area (Å²) in [4.78, 5) is 12.4. The molecule has 5 nitrogen and oxygen atoms in total. The Balaban J connectivity index is 3.64. The lowest BCUT2D eigenvalue weighted by atomic mass is 10.0. The number of hydrogen-bond acceptors (Lipinski definition) is 4. The molecule has 0 heterocycles. The maximum Gasteiger partial charge on any atom is 0.220 e. The number of allylic oxidation sites excluding steroid dienone is 2.